The topological polar surface area (TPSA) is 156 Å². The maximum Gasteiger partial charge on any atom is 0.335 e. The molecule has 27 heavy (non-hydrogen) atoms. The van der Waals surface area contributed by atoms with E-state index in [1.807, 2.05) is 6.07 Å². The van der Waals surface area contributed by atoms with Crippen molar-refractivity contribution in [3.8, 4) is 18.1 Å². The molecule has 13 heteroatoms. The average molecular weight is 413 g/mol. The molecule has 0 aliphatic heterocycles. The summed E-state index contributed by atoms with van der Waals surface area (Å²) in [6, 6.07) is 5.75. The van der Waals surface area contributed by atoms with Crippen LogP contribution in [0, 0.1) is 11.3 Å². The van der Waals surface area contributed by atoms with Gasteiger partial charge in [0.2, 0.25) is 5.95 Å². The number of nitrogens with one attached hydrogen (secondary N) is 2. The average Bonchev–Trinajstić information content (AvgIpc) is 2.60. The number of benzene rings is 1. The number of hydrogen-bond donors (Lipinski definition) is 2. The first-order chi connectivity index (χ1) is 12.7. The Morgan fingerprint density at radius 1 is 1.26 bits per heavy atom. The highest BCUT2D eigenvalue weighted by Crippen LogP contribution is 2.20. The van der Waals surface area contributed by atoms with E-state index < -0.39 is 22.2 Å². The molecule has 1 aromatic carbocycles. The number of halogens is 1. The number of anilines is 1. The van der Waals surface area contributed by atoms with Gasteiger partial charge >= 0.3 is 18.1 Å². The number of carbonyl (C=O) groups excluding carboxylic acids is 1. The lowest BCUT2D eigenvalue weighted by Gasteiger charge is -2.10. The standard InChI is InChI=1S/C14H13ClN6O5S/c1-8(7-16)26-14-19-11(18-13(20-14)25-2)17-12(22)21-27(23,24)10-6-4-3-5-9(10)15/h3-6,8H,1-2H3,(H2,17,18,19,20,21,22). The summed E-state index contributed by atoms with van der Waals surface area (Å²) in [6.45, 7) is 1.45. The predicted molar refractivity (Wildman–Crippen MR) is 92.9 cm³/mol. The van der Waals surface area contributed by atoms with Gasteiger partial charge in [-0.1, -0.05) is 23.7 Å². The van der Waals surface area contributed by atoms with Crippen LogP contribution in [0.15, 0.2) is 29.2 Å². The van der Waals surface area contributed by atoms with Gasteiger partial charge in [-0.3, -0.25) is 5.32 Å². The Labute approximate surface area is 159 Å². The maximum absolute atomic E-state index is 12.2. The van der Waals surface area contributed by atoms with Gasteiger partial charge in [-0.15, -0.1) is 4.98 Å². The van der Waals surface area contributed by atoms with E-state index >= 15 is 0 Å². The Morgan fingerprint density at radius 2 is 1.93 bits per heavy atom. The number of urea groups is 1. The third-order valence-electron chi connectivity index (χ3n) is 2.82. The lowest BCUT2D eigenvalue weighted by molar-refractivity contribution is 0.246. The zero-order valence-electron chi connectivity index (χ0n) is 14.0. The maximum atomic E-state index is 12.2. The summed E-state index contributed by atoms with van der Waals surface area (Å²) in [6.07, 6.45) is -0.876. The molecule has 0 aliphatic carbocycles. The van der Waals surface area contributed by atoms with Crippen LogP contribution in [-0.4, -0.2) is 42.6 Å². The zero-order valence-corrected chi connectivity index (χ0v) is 15.6. The van der Waals surface area contributed by atoms with E-state index in [9.17, 15) is 13.2 Å². The van der Waals surface area contributed by atoms with Crippen LogP contribution in [-0.2, 0) is 10.0 Å². The van der Waals surface area contributed by atoms with Crippen molar-refractivity contribution in [1.29, 1.82) is 5.26 Å². The molecule has 2 N–H and O–H groups in total. The van der Waals surface area contributed by atoms with Gasteiger partial charge in [-0.2, -0.15) is 15.2 Å². The number of rotatable bonds is 6. The Kier molecular flexibility index (Phi) is 6.32. The number of hydrogen-bond acceptors (Lipinski definition) is 9. The van der Waals surface area contributed by atoms with Crippen molar-refractivity contribution >= 4 is 33.6 Å². The molecular formula is C14H13ClN6O5S. The van der Waals surface area contributed by atoms with Crippen LogP contribution in [0.25, 0.3) is 0 Å². The van der Waals surface area contributed by atoms with Crippen molar-refractivity contribution in [2.45, 2.75) is 17.9 Å². The fraction of sp³-hybridized carbons (Fsp3) is 0.214. The van der Waals surface area contributed by atoms with E-state index in [1.165, 1.54) is 32.2 Å². The van der Waals surface area contributed by atoms with Crippen molar-refractivity contribution in [2.24, 2.45) is 0 Å². The molecule has 0 saturated heterocycles. The lowest BCUT2D eigenvalue weighted by Crippen LogP contribution is -2.35. The van der Waals surface area contributed by atoms with Gasteiger partial charge in [-0.25, -0.2) is 17.9 Å². The highest BCUT2D eigenvalue weighted by molar-refractivity contribution is 7.90. The van der Waals surface area contributed by atoms with Crippen molar-refractivity contribution < 1.29 is 22.7 Å². The largest absolute Gasteiger partial charge is 0.467 e. The normalized spacial score (nSPS) is 11.8. The molecule has 2 aromatic rings. The van der Waals surface area contributed by atoms with Gasteiger partial charge in [0, 0.05) is 0 Å². The molecule has 2 amide bonds. The molecule has 0 spiro atoms. The van der Waals surface area contributed by atoms with Gasteiger partial charge in [0.1, 0.15) is 11.0 Å². The molecular weight excluding hydrogens is 400 g/mol. The van der Waals surface area contributed by atoms with E-state index in [1.54, 1.807) is 10.8 Å². The molecule has 0 bridgehead atoms. The summed E-state index contributed by atoms with van der Waals surface area (Å²) < 4.78 is 36.2. The smallest absolute Gasteiger partial charge is 0.335 e. The highest BCUT2D eigenvalue weighted by Gasteiger charge is 2.21. The molecule has 0 saturated carbocycles. The van der Waals surface area contributed by atoms with Crippen LogP contribution < -0.4 is 19.5 Å². The zero-order chi connectivity index (χ0) is 20.0. The summed E-state index contributed by atoms with van der Waals surface area (Å²) in [5, 5.41) is 10.8. The van der Waals surface area contributed by atoms with E-state index in [0.29, 0.717) is 0 Å². The van der Waals surface area contributed by atoms with Crippen molar-refractivity contribution in [3.63, 3.8) is 0 Å². The van der Waals surface area contributed by atoms with Crippen LogP contribution in [0.5, 0.6) is 12.0 Å². The molecule has 0 radical (unpaired) electrons. The molecule has 2 rings (SSSR count). The van der Waals surface area contributed by atoms with Gasteiger partial charge in [-0.05, 0) is 19.1 Å². The number of amides is 2. The third-order valence-corrected chi connectivity index (χ3v) is 4.65. The summed E-state index contributed by atoms with van der Waals surface area (Å²) in [5.74, 6) is -0.353. The summed E-state index contributed by atoms with van der Waals surface area (Å²) in [4.78, 5) is 23.0. The minimum Gasteiger partial charge on any atom is -0.467 e. The van der Waals surface area contributed by atoms with E-state index in [2.05, 4.69) is 20.3 Å². The predicted octanol–water partition coefficient (Wildman–Crippen LogP) is 1.33. The van der Waals surface area contributed by atoms with Crippen LogP contribution >= 0.6 is 11.6 Å². The van der Waals surface area contributed by atoms with Crippen LogP contribution in [0.1, 0.15) is 6.92 Å². The van der Waals surface area contributed by atoms with Crippen molar-refractivity contribution in [3.05, 3.63) is 29.3 Å². The molecule has 0 fully saturated rings. The quantitative estimate of drug-likeness (QED) is 0.714. The SMILES string of the molecule is COc1nc(NC(=O)NS(=O)(=O)c2ccccc2Cl)nc(OC(C)C#N)n1. The summed E-state index contributed by atoms with van der Waals surface area (Å²) >= 11 is 5.83. The first-order valence-electron chi connectivity index (χ1n) is 7.20. The Morgan fingerprint density at radius 3 is 2.56 bits per heavy atom. The molecule has 1 heterocycles. The summed E-state index contributed by atoms with van der Waals surface area (Å²) in [7, 11) is -2.97. The molecule has 0 aliphatic rings. The number of carbonyl (C=O) groups is 1. The van der Waals surface area contributed by atoms with Gasteiger partial charge in [0.25, 0.3) is 10.0 Å². The first-order valence-corrected chi connectivity index (χ1v) is 9.06. The second-order valence-electron chi connectivity index (χ2n) is 4.81. The number of sulfonamides is 1. The van der Waals surface area contributed by atoms with E-state index in [4.69, 9.17) is 26.3 Å². The molecule has 1 aromatic heterocycles. The van der Waals surface area contributed by atoms with E-state index in [-0.39, 0.29) is 27.9 Å². The Balaban J connectivity index is 2.19. The van der Waals surface area contributed by atoms with Crippen LogP contribution in [0.2, 0.25) is 5.02 Å². The lowest BCUT2D eigenvalue weighted by atomic mass is 10.4. The fourth-order valence-electron chi connectivity index (χ4n) is 1.69. The Hall–Kier alpha value is -3.17. The molecule has 1 atom stereocenters. The second kappa shape index (κ2) is 8.47. The van der Waals surface area contributed by atoms with Crippen molar-refractivity contribution in [2.75, 3.05) is 12.4 Å². The number of nitriles is 1. The first kappa shape index (κ1) is 20.1. The van der Waals surface area contributed by atoms with Crippen LogP contribution in [0.4, 0.5) is 10.7 Å². The minimum atomic E-state index is -4.23. The van der Waals surface area contributed by atoms with Gasteiger partial charge in [0.15, 0.2) is 6.10 Å². The molecule has 142 valence electrons. The van der Waals surface area contributed by atoms with Crippen LogP contribution in [0.3, 0.4) is 0 Å². The monoisotopic (exact) mass is 412 g/mol. The number of nitrogens with zero attached hydrogens (tertiary/aromatic N) is 4. The molecule has 1 unspecified atom stereocenters. The highest BCUT2D eigenvalue weighted by atomic mass is 35.5. The van der Waals surface area contributed by atoms with Crippen molar-refractivity contribution in [1.82, 2.24) is 19.7 Å². The summed E-state index contributed by atoms with van der Waals surface area (Å²) in [5.41, 5.74) is 0. The number of ether oxygens (including phenoxy) is 2. The van der Waals surface area contributed by atoms with Gasteiger partial charge < -0.3 is 9.47 Å². The van der Waals surface area contributed by atoms with Gasteiger partial charge in [0.05, 0.1) is 12.1 Å². The number of methoxy groups -OCH3 is 1. The molecule has 11 nitrogen and oxygen atoms in total. The fourth-order valence-corrected chi connectivity index (χ4v) is 3.12. The third kappa shape index (κ3) is 5.40. The minimum absolute atomic E-state index is 0.0548. The second-order valence-corrected chi connectivity index (χ2v) is 6.87. The van der Waals surface area contributed by atoms with E-state index in [0.717, 1.165) is 0 Å². The Bertz CT molecular complexity index is 994. The number of aromatic nitrogens is 3.